The van der Waals surface area contributed by atoms with Gasteiger partial charge in [-0.05, 0) is 45.4 Å². The van der Waals surface area contributed by atoms with E-state index in [0.29, 0.717) is 60.9 Å². The average molecular weight is 413 g/mol. The number of nitrogens with one attached hydrogen (secondary N) is 2. The van der Waals surface area contributed by atoms with Crippen molar-refractivity contribution in [2.24, 2.45) is 0 Å². The van der Waals surface area contributed by atoms with Crippen LogP contribution in [-0.4, -0.2) is 66.4 Å². The molecule has 2 heterocycles. The highest BCUT2D eigenvalue weighted by atomic mass is 16.5. The van der Waals surface area contributed by atoms with Crippen LogP contribution in [0.3, 0.4) is 0 Å². The summed E-state index contributed by atoms with van der Waals surface area (Å²) in [6.07, 6.45) is 0. The number of nitrogens with zero attached hydrogens (tertiary/aromatic N) is 1. The van der Waals surface area contributed by atoms with Gasteiger partial charge in [-0.2, -0.15) is 0 Å². The maximum Gasteiger partial charge on any atom is 0.340 e. The number of rotatable bonds is 6. The van der Waals surface area contributed by atoms with Crippen LogP contribution in [0, 0.1) is 13.8 Å². The summed E-state index contributed by atoms with van der Waals surface area (Å²) in [6, 6.07) is 8.99. The molecule has 1 atom stereocenters. The van der Waals surface area contributed by atoms with E-state index in [0.717, 1.165) is 4.90 Å². The summed E-state index contributed by atoms with van der Waals surface area (Å²) >= 11 is 0. The van der Waals surface area contributed by atoms with Crippen LogP contribution >= 0.6 is 0 Å². The molecular formula is C23H30N3O4+. The third kappa shape index (κ3) is 4.31. The molecule has 0 bridgehead atoms. The molecule has 160 valence electrons. The Kier molecular flexibility index (Phi) is 6.72. The van der Waals surface area contributed by atoms with Crippen LogP contribution in [-0.2, 0) is 4.74 Å². The highest BCUT2D eigenvalue weighted by Crippen LogP contribution is 2.20. The van der Waals surface area contributed by atoms with Crippen LogP contribution < -0.4 is 4.90 Å². The number of hydrogen-bond acceptors (Lipinski definition) is 4. The summed E-state index contributed by atoms with van der Waals surface area (Å²) in [5, 5.41) is 0. The number of aryl methyl sites for hydroxylation is 1. The van der Waals surface area contributed by atoms with Crippen LogP contribution in [0.5, 0.6) is 0 Å². The number of carbonyl (C=O) groups excluding carboxylic acids is 3. The monoisotopic (exact) mass is 412 g/mol. The minimum Gasteiger partial charge on any atom is -0.462 e. The largest absolute Gasteiger partial charge is 0.462 e. The fraction of sp³-hybridized carbons (Fsp3) is 0.435. The van der Waals surface area contributed by atoms with Crippen molar-refractivity contribution in [3.63, 3.8) is 0 Å². The van der Waals surface area contributed by atoms with Crippen molar-refractivity contribution >= 4 is 17.7 Å². The first-order valence-electron chi connectivity index (χ1n) is 10.4. The van der Waals surface area contributed by atoms with Crippen molar-refractivity contribution in [2.75, 3.05) is 32.8 Å². The number of esters is 1. The molecule has 1 amide bonds. The Morgan fingerprint density at radius 2 is 1.77 bits per heavy atom. The highest BCUT2D eigenvalue weighted by molar-refractivity contribution is 6.03. The second kappa shape index (κ2) is 9.26. The van der Waals surface area contributed by atoms with Gasteiger partial charge >= 0.3 is 5.97 Å². The predicted octanol–water partition coefficient (Wildman–Crippen LogP) is 1.42. The van der Waals surface area contributed by atoms with E-state index in [1.807, 2.05) is 42.2 Å². The molecule has 0 radical (unpaired) electrons. The number of ether oxygens (including phenoxy) is 1. The number of quaternary nitrogens is 1. The number of hydrogen-bond donors (Lipinski definition) is 2. The summed E-state index contributed by atoms with van der Waals surface area (Å²) in [5.74, 6) is -0.400. The van der Waals surface area contributed by atoms with Crippen LogP contribution in [0.15, 0.2) is 30.3 Å². The lowest BCUT2D eigenvalue weighted by Gasteiger charge is -2.34. The number of aromatic nitrogens is 1. The Labute approximate surface area is 177 Å². The second-order valence-corrected chi connectivity index (χ2v) is 7.75. The van der Waals surface area contributed by atoms with E-state index in [1.165, 1.54) is 0 Å². The number of benzene rings is 1. The van der Waals surface area contributed by atoms with Crippen LogP contribution in [0.2, 0.25) is 0 Å². The average Bonchev–Trinajstić information content (AvgIpc) is 3.07. The van der Waals surface area contributed by atoms with E-state index < -0.39 is 5.97 Å². The molecular weight excluding hydrogens is 382 g/mol. The van der Waals surface area contributed by atoms with Crippen LogP contribution in [0.25, 0.3) is 0 Å². The van der Waals surface area contributed by atoms with E-state index in [1.54, 1.807) is 20.8 Å². The molecule has 2 N–H and O–H groups in total. The molecule has 2 aromatic rings. The van der Waals surface area contributed by atoms with Gasteiger partial charge in [0.1, 0.15) is 0 Å². The van der Waals surface area contributed by atoms with Gasteiger partial charge in [0.25, 0.3) is 5.91 Å². The fourth-order valence-electron chi connectivity index (χ4n) is 4.10. The van der Waals surface area contributed by atoms with Crippen molar-refractivity contribution in [2.45, 2.75) is 33.7 Å². The van der Waals surface area contributed by atoms with E-state index in [-0.39, 0.29) is 17.7 Å². The number of Topliss-reactive ketones (excluding diaryl/α,β-unsaturated/α-hetero) is 1. The molecule has 7 heteroatoms. The van der Waals surface area contributed by atoms with E-state index in [2.05, 4.69) is 4.98 Å². The summed E-state index contributed by atoms with van der Waals surface area (Å²) in [6.45, 7) is 10.1. The van der Waals surface area contributed by atoms with E-state index >= 15 is 0 Å². The summed E-state index contributed by atoms with van der Waals surface area (Å²) < 4.78 is 5.12. The molecule has 3 rings (SSSR count). The molecule has 1 fully saturated rings. The van der Waals surface area contributed by atoms with Gasteiger partial charge in [-0.25, -0.2) is 4.79 Å². The number of ketones is 1. The van der Waals surface area contributed by atoms with Crippen molar-refractivity contribution in [3.8, 4) is 0 Å². The van der Waals surface area contributed by atoms with Crippen molar-refractivity contribution < 1.29 is 24.0 Å². The van der Waals surface area contributed by atoms with Gasteiger partial charge in [-0.3, -0.25) is 9.59 Å². The number of carbonyl (C=O) groups is 3. The first-order valence-corrected chi connectivity index (χ1v) is 10.4. The maximum absolute atomic E-state index is 13.2. The molecule has 7 nitrogen and oxygen atoms in total. The zero-order chi connectivity index (χ0) is 21.8. The molecule has 0 saturated carbocycles. The highest BCUT2D eigenvalue weighted by Gasteiger charge is 2.34. The molecule has 1 aliphatic heterocycles. The molecule has 1 aromatic carbocycles. The Morgan fingerprint density at radius 1 is 1.13 bits per heavy atom. The zero-order valence-corrected chi connectivity index (χ0v) is 18.1. The first-order chi connectivity index (χ1) is 14.3. The van der Waals surface area contributed by atoms with Gasteiger partial charge in [0.15, 0.2) is 6.04 Å². The molecule has 0 spiro atoms. The van der Waals surface area contributed by atoms with Crippen molar-refractivity contribution in [1.82, 2.24) is 9.88 Å². The third-order valence-corrected chi connectivity index (χ3v) is 5.88. The van der Waals surface area contributed by atoms with Gasteiger partial charge in [-0.1, -0.05) is 18.2 Å². The maximum atomic E-state index is 13.2. The number of amides is 1. The smallest absolute Gasteiger partial charge is 0.340 e. The standard InChI is InChI=1S/C23H29N3O4/c1-5-30-23(29)19-15(2)20(24-16(19)3)21(27)17(4)25-11-13-26(14-12-25)22(28)18-9-7-6-8-10-18/h6-10,17,24H,5,11-14H2,1-4H3/p+1/t17-/m1/s1. The van der Waals surface area contributed by atoms with E-state index in [4.69, 9.17) is 4.74 Å². The molecule has 30 heavy (non-hydrogen) atoms. The SMILES string of the molecule is CCOC(=O)c1c(C)[nH]c(C(=O)[C@@H](C)[NH+]2CCN(C(=O)c3ccccc3)CC2)c1C. The Hall–Kier alpha value is -2.93. The summed E-state index contributed by atoms with van der Waals surface area (Å²) in [7, 11) is 0. The minimum atomic E-state index is -0.407. The first kappa shape index (κ1) is 21.8. The molecule has 1 aromatic heterocycles. The summed E-state index contributed by atoms with van der Waals surface area (Å²) in [5.41, 5.74) is 2.89. The Morgan fingerprint density at radius 3 is 2.37 bits per heavy atom. The lowest BCUT2D eigenvalue weighted by Crippen LogP contribution is -3.18. The van der Waals surface area contributed by atoms with Crippen LogP contribution in [0.1, 0.15) is 56.3 Å². The minimum absolute atomic E-state index is 0.0241. The van der Waals surface area contributed by atoms with Crippen molar-refractivity contribution in [1.29, 1.82) is 0 Å². The zero-order valence-electron chi connectivity index (χ0n) is 18.1. The molecule has 0 aliphatic carbocycles. The molecule has 1 aliphatic rings. The lowest BCUT2D eigenvalue weighted by atomic mass is 10.0. The van der Waals surface area contributed by atoms with E-state index in [9.17, 15) is 14.4 Å². The normalized spacial score (nSPS) is 15.7. The predicted molar refractivity (Wildman–Crippen MR) is 113 cm³/mol. The molecule has 0 unspecified atom stereocenters. The Balaban J connectivity index is 1.66. The third-order valence-electron chi connectivity index (χ3n) is 5.88. The van der Waals surface area contributed by atoms with Crippen molar-refractivity contribution in [3.05, 3.63) is 58.4 Å². The summed E-state index contributed by atoms with van der Waals surface area (Å²) in [4.78, 5) is 44.1. The van der Waals surface area contributed by atoms with Gasteiger partial charge in [0, 0.05) is 11.3 Å². The lowest BCUT2D eigenvalue weighted by molar-refractivity contribution is -0.917. The number of piperazine rings is 1. The van der Waals surface area contributed by atoms with Gasteiger partial charge in [0.2, 0.25) is 5.78 Å². The number of aromatic amines is 1. The second-order valence-electron chi connectivity index (χ2n) is 7.75. The van der Waals surface area contributed by atoms with Crippen LogP contribution in [0.4, 0.5) is 0 Å². The quantitative estimate of drug-likeness (QED) is 0.555. The van der Waals surface area contributed by atoms with Gasteiger partial charge in [0.05, 0.1) is 44.0 Å². The molecule has 1 saturated heterocycles. The van der Waals surface area contributed by atoms with Gasteiger partial charge < -0.3 is 19.5 Å². The Bertz CT molecular complexity index is 927. The van der Waals surface area contributed by atoms with Gasteiger partial charge in [-0.15, -0.1) is 0 Å². The fourth-order valence-corrected chi connectivity index (χ4v) is 4.10. The topological polar surface area (TPSA) is 83.9 Å². The number of H-pyrrole nitrogens is 1.